The van der Waals surface area contributed by atoms with Crippen molar-refractivity contribution in [2.45, 2.75) is 18.9 Å². The van der Waals surface area contributed by atoms with Gasteiger partial charge >= 0.3 is 0 Å². The van der Waals surface area contributed by atoms with Gasteiger partial charge in [-0.25, -0.2) is 4.39 Å². The van der Waals surface area contributed by atoms with Crippen molar-refractivity contribution in [1.82, 2.24) is 5.32 Å². The predicted octanol–water partition coefficient (Wildman–Crippen LogP) is 2.28. The van der Waals surface area contributed by atoms with Gasteiger partial charge in [-0.2, -0.15) is 0 Å². The first-order chi connectivity index (χ1) is 7.66. The van der Waals surface area contributed by atoms with Gasteiger partial charge in [-0.1, -0.05) is 0 Å². The van der Waals surface area contributed by atoms with Gasteiger partial charge in [0, 0.05) is 4.47 Å². The van der Waals surface area contributed by atoms with Crippen LogP contribution in [0.3, 0.4) is 0 Å². The van der Waals surface area contributed by atoms with Crippen LogP contribution in [0, 0.1) is 5.82 Å². The normalized spacial score (nSPS) is 19.8. The van der Waals surface area contributed by atoms with E-state index in [1.807, 2.05) is 0 Å². The van der Waals surface area contributed by atoms with Crippen molar-refractivity contribution in [1.29, 1.82) is 0 Å². The molecule has 1 aromatic rings. The molecule has 0 spiro atoms. The molecule has 1 fully saturated rings. The van der Waals surface area contributed by atoms with Gasteiger partial charge in [0.15, 0.2) is 0 Å². The summed E-state index contributed by atoms with van der Waals surface area (Å²) < 4.78 is 13.7. The Morgan fingerprint density at radius 3 is 3.06 bits per heavy atom. The van der Waals surface area contributed by atoms with Crippen molar-refractivity contribution in [2.24, 2.45) is 0 Å². The van der Waals surface area contributed by atoms with Crippen LogP contribution in [0.1, 0.15) is 12.8 Å². The summed E-state index contributed by atoms with van der Waals surface area (Å²) >= 11 is 3.27. The van der Waals surface area contributed by atoms with Crippen molar-refractivity contribution >= 4 is 27.5 Å². The van der Waals surface area contributed by atoms with E-state index in [0.717, 1.165) is 19.4 Å². The van der Waals surface area contributed by atoms with Crippen LogP contribution in [-0.2, 0) is 4.79 Å². The maximum Gasteiger partial charge on any atom is 0.241 e. The molecule has 3 nitrogen and oxygen atoms in total. The van der Waals surface area contributed by atoms with Crippen LogP contribution in [0.25, 0.3) is 0 Å². The number of amides is 1. The zero-order valence-corrected chi connectivity index (χ0v) is 10.2. The molecule has 0 radical (unpaired) electrons. The summed E-state index contributed by atoms with van der Waals surface area (Å²) in [5.74, 6) is -0.471. The van der Waals surface area contributed by atoms with E-state index >= 15 is 0 Å². The number of rotatable bonds is 2. The highest BCUT2D eigenvalue weighted by Crippen LogP contribution is 2.23. The smallest absolute Gasteiger partial charge is 0.241 e. The SMILES string of the molecule is O=C(Nc1cc(F)ccc1Br)[C@@H]1CCCN1. The molecule has 86 valence electrons. The summed E-state index contributed by atoms with van der Waals surface area (Å²) in [5, 5.41) is 5.79. The second-order valence-electron chi connectivity index (χ2n) is 3.76. The monoisotopic (exact) mass is 286 g/mol. The van der Waals surface area contributed by atoms with Crippen LogP contribution in [0.2, 0.25) is 0 Å². The van der Waals surface area contributed by atoms with Gasteiger partial charge in [0.05, 0.1) is 11.7 Å². The third-order valence-corrected chi connectivity index (χ3v) is 3.25. The topological polar surface area (TPSA) is 41.1 Å². The molecule has 1 amide bonds. The number of hydrogen-bond donors (Lipinski definition) is 2. The van der Waals surface area contributed by atoms with Crippen molar-refractivity contribution in [3.8, 4) is 0 Å². The second kappa shape index (κ2) is 4.93. The minimum absolute atomic E-state index is 0.108. The minimum Gasteiger partial charge on any atom is -0.324 e. The Labute approximate surface area is 102 Å². The molecule has 0 bridgehead atoms. The lowest BCUT2D eigenvalue weighted by Gasteiger charge is -2.12. The number of nitrogens with one attached hydrogen (secondary N) is 2. The molecule has 1 aliphatic heterocycles. The lowest BCUT2D eigenvalue weighted by Crippen LogP contribution is -2.35. The first-order valence-electron chi connectivity index (χ1n) is 5.16. The maximum absolute atomic E-state index is 13.0. The third-order valence-electron chi connectivity index (χ3n) is 2.56. The lowest BCUT2D eigenvalue weighted by molar-refractivity contribution is -0.117. The minimum atomic E-state index is -0.363. The Balaban J connectivity index is 2.07. The van der Waals surface area contributed by atoms with Gasteiger partial charge < -0.3 is 10.6 Å². The van der Waals surface area contributed by atoms with Crippen LogP contribution in [0.4, 0.5) is 10.1 Å². The number of carbonyl (C=O) groups excluding carboxylic acids is 1. The summed E-state index contributed by atoms with van der Waals surface area (Å²) in [6, 6.07) is 4.06. The molecule has 0 saturated carbocycles. The fourth-order valence-corrected chi connectivity index (χ4v) is 2.07. The average molecular weight is 287 g/mol. The van der Waals surface area contributed by atoms with Crippen LogP contribution in [0.15, 0.2) is 22.7 Å². The molecule has 1 saturated heterocycles. The number of benzene rings is 1. The van der Waals surface area contributed by atoms with Gasteiger partial charge in [-0.3, -0.25) is 4.79 Å². The Morgan fingerprint density at radius 1 is 1.56 bits per heavy atom. The summed E-state index contributed by atoms with van der Waals surface area (Å²) in [5.41, 5.74) is 0.471. The molecule has 0 aromatic heterocycles. The van der Waals surface area contributed by atoms with E-state index in [2.05, 4.69) is 26.6 Å². The van der Waals surface area contributed by atoms with Gasteiger partial charge in [-0.15, -0.1) is 0 Å². The molecule has 0 aliphatic carbocycles. The highest BCUT2D eigenvalue weighted by Gasteiger charge is 2.22. The van der Waals surface area contributed by atoms with E-state index in [1.165, 1.54) is 12.1 Å². The van der Waals surface area contributed by atoms with Crippen LogP contribution >= 0.6 is 15.9 Å². The molecule has 2 rings (SSSR count). The number of halogens is 2. The van der Waals surface area contributed by atoms with Crippen LogP contribution in [-0.4, -0.2) is 18.5 Å². The highest BCUT2D eigenvalue weighted by atomic mass is 79.9. The molecule has 16 heavy (non-hydrogen) atoms. The summed E-state index contributed by atoms with van der Waals surface area (Å²) in [4.78, 5) is 11.8. The number of anilines is 1. The number of carbonyl (C=O) groups is 1. The number of hydrogen-bond acceptors (Lipinski definition) is 2. The van der Waals surface area contributed by atoms with E-state index in [-0.39, 0.29) is 17.8 Å². The second-order valence-corrected chi connectivity index (χ2v) is 4.62. The Bertz CT molecular complexity index is 405. The van der Waals surface area contributed by atoms with E-state index in [1.54, 1.807) is 6.07 Å². The molecule has 1 aromatic carbocycles. The molecule has 1 heterocycles. The zero-order valence-electron chi connectivity index (χ0n) is 8.59. The summed E-state index contributed by atoms with van der Waals surface area (Å²) in [7, 11) is 0. The van der Waals surface area contributed by atoms with Crippen LogP contribution < -0.4 is 10.6 Å². The van der Waals surface area contributed by atoms with E-state index in [9.17, 15) is 9.18 Å². The quantitative estimate of drug-likeness (QED) is 0.876. The van der Waals surface area contributed by atoms with Gasteiger partial charge in [0.1, 0.15) is 5.82 Å². The fourth-order valence-electron chi connectivity index (χ4n) is 1.72. The molecular weight excluding hydrogens is 275 g/mol. The van der Waals surface area contributed by atoms with Gasteiger partial charge in [0.2, 0.25) is 5.91 Å². The molecule has 5 heteroatoms. The summed E-state index contributed by atoms with van der Waals surface area (Å²) in [6.45, 7) is 0.863. The molecule has 1 atom stereocenters. The lowest BCUT2D eigenvalue weighted by atomic mass is 10.2. The van der Waals surface area contributed by atoms with Crippen molar-refractivity contribution < 1.29 is 9.18 Å². The van der Waals surface area contributed by atoms with Crippen LogP contribution in [0.5, 0.6) is 0 Å². The Hall–Kier alpha value is -0.940. The molecule has 0 unspecified atom stereocenters. The predicted molar refractivity (Wildman–Crippen MR) is 63.8 cm³/mol. The first kappa shape index (κ1) is 11.5. The first-order valence-corrected chi connectivity index (χ1v) is 5.95. The van der Waals surface area contributed by atoms with E-state index in [0.29, 0.717) is 10.2 Å². The Kier molecular flexibility index (Phi) is 3.56. The van der Waals surface area contributed by atoms with E-state index < -0.39 is 0 Å². The van der Waals surface area contributed by atoms with Crippen molar-refractivity contribution in [2.75, 3.05) is 11.9 Å². The molecule has 1 aliphatic rings. The summed E-state index contributed by atoms with van der Waals surface area (Å²) in [6.07, 6.45) is 1.83. The Morgan fingerprint density at radius 2 is 2.38 bits per heavy atom. The molecule has 2 N–H and O–H groups in total. The maximum atomic E-state index is 13.0. The van der Waals surface area contributed by atoms with E-state index in [4.69, 9.17) is 0 Å². The fraction of sp³-hybridized carbons (Fsp3) is 0.364. The molecular formula is C11H12BrFN2O. The standard InChI is InChI=1S/C11H12BrFN2O/c12-8-4-3-7(13)6-10(8)15-11(16)9-2-1-5-14-9/h3-4,6,9,14H,1-2,5H2,(H,15,16)/t9-/m0/s1. The largest absolute Gasteiger partial charge is 0.324 e. The van der Waals surface area contributed by atoms with Crippen molar-refractivity contribution in [3.63, 3.8) is 0 Å². The van der Waals surface area contributed by atoms with Gasteiger partial charge in [0.25, 0.3) is 0 Å². The zero-order chi connectivity index (χ0) is 11.5. The average Bonchev–Trinajstić information content (AvgIpc) is 2.76. The highest BCUT2D eigenvalue weighted by molar-refractivity contribution is 9.10. The third kappa shape index (κ3) is 2.59. The van der Waals surface area contributed by atoms with Crippen molar-refractivity contribution in [3.05, 3.63) is 28.5 Å². The van der Waals surface area contributed by atoms with Gasteiger partial charge in [-0.05, 0) is 53.5 Å².